The maximum absolute atomic E-state index is 12.4. The van der Waals surface area contributed by atoms with Crippen LogP contribution < -0.4 is 4.74 Å². The Balaban J connectivity index is 2.01. The van der Waals surface area contributed by atoms with Crippen LogP contribution in [0.5, 0.6) is 11.5 Å². The number of carbonyl (C=O) groups excluding carboxylic acids is 1. The van der Waals surface area contributed by atoms with Crippen LogP contribution >= 0.6 is 0 Å². The van der Waals surface area contributed by atoms with Crippen molar-refractivity contribution in [2.45, 2.75) is 32.7 Å². The Bertz CT molecular complexity index is 829. The third-order valence-electron chi connectivity index (χ3n) is 4.43. The average molecular weight is 338 g/mol. The van der Waals surface area contributed by atoms with Crippen LogP contribution in [0.25, 0.3) is 0 Å². The molecule has 0 fully saturated rings. The molecule has 0 spiro atoms. The fraction of sp³-hybridized carbons (Fsp3) is 0.300. The van der Waals surface area contributed by atoms with Crippen LogP contribution in [0.1, 0.15) is 42.5 Å². The maximum atomic E-state index is 12.4. The molecular formula is C20H22N2O3. The summed E-state index contributed by atoms with van der Waals surface area (Å²) in [7, 11) is 1.51. The summed E-state index contributed by atoms with van der Waals surface area (Å²) in [5.41, 5.74) is 3.47. The number of carbonyl (C=O) groups is 1. The lowest BCUT2D eigenvalue weighted by atomic mass is 9.96. The lowest BCUT2D eigenvalue weighted by Gasteiger charge is -2.21. The Morgan fingerprint density at radius 1 is 1.32 bits per heavy atom. The summed E-state index contributed by atoms with van der Waals surface area (Å²) >= 11 is 0. The normalized spacial score (nSPS) is 16.7. The maximum Gasteiger partial charge on any atom is 0.242 e. The molecule has 5 heteroatoms. The van der Waals surface area contributed by atoms with E-state index in [-0.39, 0.29) is 17.7 Å². The second kappa shape index (κ2) is 6.97. The van der Waals surface area contributed by atoms with E-state index in [1.165, 1.54) is 7.11 Å². The van der Waals surface area contributed by atoms with Gasteiger partial charge in [0, 0.05) is 18.4 Å². The Kier molecular flexibility index (Phi) is 4.74. The van der Waals surface area contributed by atoms with Crippen LogP contribution in [0, 0.1) is 6.92 Å². The standard InChI is InChI=1S/C20H22N2O3/c1-4-19(23)22-17(14-8-5-7-13(2)11-14)12-16(21-22)15-9-6-10-18(25-3)20(15)24/h5-11,17,24H,4,12H2,1-3H3/t17-/m1/s1. The van der Waals surface area contributed by atoms with Crippen molar-refractivity contribution < 1.29 is 14.6 Å². The number of benzene rings is 2. The molecule has 5 nitrogen and oxygen atoms in total. The number of ether oxygens (including phenoxy) is 1. The van der Waals surface area contributed by atoms with Crippen molar-refractivity contribution in [1.29, 1.82) is 0 Å². The Morgan fingerprint density at radius 2 is 2.08 bits per heavy atom. The third-order valence-corrected chi connectivity index (χ3v) is 4.43. The summed E-state index contributed by atoms with van der Waals surface area (Å²) < 4.78 is 5.18. The lowest BCUT2D eigenvalue weighted by Crippen LogP contribution is -2.26. The van der Waals surface area contributed by atoms with Gasteiger partial charge in [-0.3, -0.25) is 4.79 Å². The molecule has 0 bridgehead atoms. The minimum Gasteiger partial charge on any atom is -0.504 e. The van der Waals surface area contributed by atoms with Crippen molar-refractivity contribution in [2.75, 3.05) is 7.11 Å². The first-order valence-electron chi connectivity index (χ1n) is 8.37. The number of hydrogen-bond donors (Lipinski definition) is 1. The molecule has 1 atom stereocenters. The average Bonchev–Trinajstić information content (AvgIpc) is 3.06. The molecule has 1 aliphatic heterocycles. The summed E-state index contributed by atoms with van der Waals surface area (Å²) in [6.07, 6.45) is 0.930. The van der Waals surface area contributed by atoms with E-state index in [0.717, 1.165) is 11.1 Å². The van der Waals surface area contributed by atoms with Crippen LogP contribution in [-0.4, -0.2) is 28.8 Å². The molecule has 2 aromatic rings. The number of aryl methyl sites for hydroxylation is 1. The van der Waals surface area contributed by atoms with E-state index in [4.69, 9.17) is 4.74 Å². The Hall–Kier alpha value is -2.82. The predicted molar refractivity (Wildman–Crippen MR) is 96.9 cm³/mol. The van der Waals surface area contributed by atoms with E-state index >= 15 is 0 Å². The molecule has 1 aliphatic rings. The quantitative estimate of drug-likeness (QED) is 0.922. The monoisotopic (exact) mass is 338 g/mol. The topological polar surface area (TPSA) is 62.1 Å². The summed E-state index contributed by atoms with van der Waals surface area (Å²) in [6.45, 7) is 3.85. The van der Waals surface area contributed by atoms with Gasteiger partial charge in [0.05, 0.1) is 18.9 Å². The second-order valence-electron chi connectivity index (χ2n) is 6.13. The zero-order chi connectivity index (χ0) is 18.0. The summed E-state index contributed by atoms with van der Waals surface area (Å²) in [4.78, 5) is 12.4. The molecule has 0 aromatic heterocycles. The summed E-state index contributed by atoms with van der Waals surface area (Å²) in [6, 6.07) is 13.2. The lowest BCUT2D eigenvalue weighted by molar-refractivity contribution is -0.132. The van der Waals surface area contributed by atoms with Crippen LogP contribution in [0.4, 0.5) is 0 Å². The van der Waals surface area contributed by atoms with Gasteiger partial charge in [-0.05, 0) is 24.6 Å². The summed E-state index contributed by atoms with van der Waals surface area (Å²) in [5.74, 6) is 0.411. The molecular weight excluding hydrogens is 316 g/mol. The van der Waals surface area contributed by atoms with Crippen LogP contribution in [0.3, 0.4) is 0 Å². The highest BCUT2D eigenvalue weighted by Crippen LogP contribution is 2.38. The number of hydrazone groups is 1. The molecule has 0 saturated carbocycles. The highest BCUT2D eigenvalue weighted by molar-refractivity contribution is 6.05. The molecule has 1 heterocycles. The Morgan fingerprint density at radius 3 is 2.76 bits per heavy atom. The first kappa shape index (κ1) is 17.0. The number of hydrogen-bond acceptors (Lipinski definition) is 4. The second-order valence-corrected chi connectivity index (χ2v) is 6.13. The number of amides is 1. The van der Waals surface area contributed by atoms with Gasteiger partial charge in [0.2, 0.25) is 5.91 Å². The van der Waals surface area contributed by atoms with Gasteiger partial charge in [-0.15, -0.1) is 0 Å². The molecule has 130 valence electrons. The largest absolute Gasteiger partial charge is 0.504 e. The minimum absolute atomic E-state index is 0.0381. The number of methoxy groups -OCH3 is 1. The SMILES string of the molecule is CCC(=O)N1N=C(c2cccc(OC)c2O)C[C@@H]1c1cccc(C)c1. The minimum atomic E-state index is -0.159. The first-order valence-corrected chi connectivity index (χ1v) is 8.37. The molecule has 0 radical (unpaired) electrons. The molecule has 0 saturated heterocycles. The molecule has 3 rings (SSSR count). The number of para-hydroxylation sites is 1. The molecule has 0 unspecified atom stereocenters. The van der Waals surface area contributed by atoms with Crippen LogP contribution in [0.15, 0.2) is 47.6 Å². The molecule has 25 heavy (non-hydrogen) atoms. The van der Waals surface area contributed by atoms with Gasteiger partial charge in [-0.1, -0.05) is 42.8 Å². The third kappa shape index (κ3) is 3.22. The smallest absolute Gasteiger partial charge is 0.242 e. The number of aromatic hydroxyl groups is 1. The van der Waals surface area contributed by atoms with Crippen molar-refractivity contribution in [1.82, 2.24) is 5.01 Å². The predicted octanol–water partition coefficient (Wildman–Crippen LogP) is 3.80. The molecule has 1 N–H and O–H groups in total. The van der Waals surface area contributed by atoms with E-state index in [0.29, 0.717) is 29.9 Å². The highest BCUT2D eigenvalue weighted by Gasteiger charge is 2.33. The van der Waals surface area contributed by atoms with Crippen molar-refractivity contribution in [3.8, 4) is 11.5 Å². The van der Waals surface area contributed by atoms with E-state index in [2.05, 4.69) is 11.2 Å². The van der Waals surface area contributed by atoms with Crippen molar-refractivity contribution in [3.63, 3.8) is 0 Å². The van der Waals surface area contributed by atoms with Crippen molar-refractivity contribution in [3.05, 3.63) is 59.2 Å². The van der Waals surface area contributed by atoms with Gasteiger partial charge in [-0.25, -0.2) is 5.01 Å². The first-order chi connectivity index (χ1) is 12.0. The van der Waals surface area contributed by atoms with Gasteiger partial charge in [0.1, 0.15) is 0 Å². The number of nitrogens with zero attached hydrogens (tertiary/aromatic N) is 2. The zero-order valence-corrected chi connectivity index (χ0v) is 14.7. The van der Waals surface area contributed by atoms with E-state index in [1.807, 2.05) is 38.1 Å². The van der Waals surface area contributed by atoms with Crippen LogP contribution in [-0.2, 0) is 4.79 Å². The Labute approximate surface area is 147 Å². The molecule has 2 aromatic carbocycles. The van der Waals surface area contributed by atoms with Gasteiger partial charge in [0.25, 0.3) is 0 Å². The summed E-state index contributed by atoms with van der Waals surface area (Å²) in [5, 5.41) is 16.5. The van der Waals surface area contributed by atoms with Crippen LogP contribution in [0.2, 0.25) is 0 Å². The van der Waals surface area contributed by atoms with E-state index in [9.17, 15) is 9.90 Å². The zero-order valence-electron chi connectivity index (χ0n) is 14.7. The van der Waals surface area contributed by atoms with Gasteiger partial charge in [0.15, 0.2) is 11.5 Å². The van der Waals surface area contributed by atoms with Crippen molar-refractivity contribution >= 4 is 11.6 Å². The van der Waals surface area contributed by atoms with Gasteiger partial charge < -0.3 is 9.84 Å². The van der Waals surface area contributed by atoms with Gasteiger partial charge in [-0.2, -0.15) is 5.10 Å². The number of phenolic OH excluding ortho intramolecular Hbond substituents is 1. The fourth-order valence-corrected chi connectivity index (χ4v) is 3.12. The van der Waals surface area contributed by atoms with Crippen molar-refractivity contribution in [2.24, 2.45) is 5.10 Å². The van der Waals surface area contributed by atoms with E-state index < -0.39 is 0 Å². The van der Waals surface area contributed by atoms with Gasteiger partial charge >= 0.3 is 0 Å². The fourth-order valence-electron chi connectivity index (χ4n) is 3.12. The molecule has 1 amide bonds. The number of phenols is 1. The number of rotatable bonds is 4. The highest BCUT2D eigenvalue weighted by atomic mass is 16.5. The van der Waals surface area contributed by atoms with E-state index in [1.54, 1.807) is 17.1 Å². The molecule has 0 aliphatic carbocycles.